The average Bonchev–Trinajstić information content (AvgIpc) is 3.44. The number of fused-ring (bicyclic) bond motifs is 1. The van der Waals surface area contributed by atoms with Gasteiger partial charge in [-0.15, -0.1) is 0 Å². The van der Waals surface area contributed by atoms with Crippen molar-refractivity contribution in [1.82, 2.24) is 10.4 Å². The molecule has 1 aromatic heterocycles. The second kappa shape index (κ2) is 12.7. The molecule has 0 aliphatic rings. The maximum atomic E-state index is 13.5. The number of H-pyrrole nitrogens is 1. The highest BCUT2D eigenvalue weighted by Gasteiger charge is 2.24. The zero-order chi connectivity index (χ0) is 29.5. The second-order valence-electron chi connectivity index (χ2n) is 9.05. The Bertz CT molecular complexity index is 1750. The SMILES string of the molecule is CCOc1cc(C=NNC(=O)c2[nH]c3c(OC)ccc(OC)c3c2-c2ccccc2)ccc1OC(=O)c1ccccc1. The molecule has 0 aliphatic carbocycles. The third kappa shape index (κ3) is 5.80. The Labute approximate surface area is 242 Å². The van der Waals surface area contributed by atoms with Crippen LogP contribution in [0, 0.1) is 0 Å². The Morgan fingerprint density at radius 2 is 1.50 bits per heavy atom. The molecule has 0 saturated carbocycles. The van der Waals surface area contributed by atoms with E-state index in [1.165, 1.54) is 6.21 Å². The molecule has 0 radical (unpaired) electrons. The number of hydrogen-bond donors (Lipinski definition) is 2. The lowest BCUT2D eigenvalue weighted by molar-refractivity contribution is 0.0728. The Morgan fingerprint density at radius 1 is 0.833 bits per heavy atom. The van der Waals surface area contributed by atoms with Gasteiger partial charge in [0.15, 0.2) is 11.5 Å². The van der Waals surface area contributed by atoms with Crippen LogP contribution in [-0.4, -0.2) is 43.9 Å². The van der Waals surface area contributed by atoms with Crippen molar-refractivity contribution in [3.05, 3.63) is 108 Å². The number of nitrogens with zero attached hydrogens (tertiary/aromatic N) is 1. The number of carbonyl (C=O) groups excluding carboxylic acids is 2. The molecule has 212 valence electrons. The number of rotatable bonds is 10. The lowest BCUT2D eigenvalue weighted by Crippen LogP contribution is -2.19. The monoisotopic (exact) mass is 563 g/mol. The summed E-state index contributed by atoms with van der Waals surface area (Å²) in [4.78, 5) is 29.2. The average molecular weight is 564 g/mol. The van der Waals surface area contributed by atoms with E-state index in [-0.39, 0.29) is 5.75 Å². The van der Waals surface area contributed by atoms with Gasteiger partial charge in [0.05, 0.1) is 43.5 Å². The van der Waals surface area contributed by atoms with Gasteiger partial charge in [-0.2, -0.15) is 5.10 Å². The fourth-order valence-electron chi connectivity index (χ4n) is 4.57. The van der Waals surface area contributed by atoms with Gasteiger partial charge in [0.2, 0.25) is 0 Å². The number of ether oxygens (including phenoxy) is 4. The van der Waals surface area contributed by atoms with E-state index in [1.807, 2.05) is 43.3 Å². The van der Waals surface area contributed by atoms with Crippen LogP contribution in [0.4, 0.5) is 0 Å². The molecule has 0 unspecified atom stereocenters. The number of hydrazone groups is 1. The highest BCUT2D eigenvalue weighted by molar-refractivity contribution is 6.13. The lowest BCUT2D eigenvalue weighted by atomic mass is 10.0. The highest BCUT2D eigenvalue weighted by atomic mass is 16.6. The van der Waals surface area contributed by atoms with Crippen LogP contribution in [0.1, 0.15) is 33.3 Å². The molecule has 9 heteroatoms. The largest absolute Gasteiger partial charge is 0.496 e. The molecule has 0 atom stereocenters. The number of esters is 1. The van der Waals surface area contributed by atoms with Crippen molar-refractivity contribution in [3.8, 4) is 34.1 Å². The smallest absolute Gasteiger partial charge is 0.343 e. The molecular weight excluding hydrogens is 534 g/mol. The second-order valence-corrected chi connectivity index (χ2v) is 9.05. The Hall–Kier alpha value is -5.57. The normalized spacial score (nSPS) is 10.9. The highest BCUT2D eigenvalue weighted by Crippen LogP contribution is 2.42. The van der Waals surface area contributed by atoms with Gasteiger partial charge in [-0.1, -0.05) is 48.5 Å². The Kier molecular flexibility index (Phi) is 8.48. The summed E-state index contributed by atoms with van der Waals surface area (Å²) in [5, 5.41) is 4.90. The molecule has 5 aromatic rings. The molecule has 42 heavy (non-hydrogen) atoms. The molecule has 0 fully saturated rings. The summed E-state index contributed by atoms with van der Waals surface area (Å²) >= 11 is 0. The first-order chi connectivity index (χ1) is 20.5. The van der Waals surface area contributed by atoms with Crippen LogP contribution in [0.15, 0.2) is 96.1 Å². The van der Waals surface area contributed by atoms with Crippen LogP contribution in [0.3, 0.4) is 0 Å². The zero-order valence-corrected chi connectivity index (χ0v) is 23.3. The van der Waals surface area contributed by atoms with Crippen LogP contribution in [0.2, 0.25) is 0 Å². The van der Waals surface area contributed by atoms with E-state index in [0.29, 0.717) is 51.8 Å². The van der Waals surface area contributed by atoms with E-state index in [0.717, 1.165) is 10.9 Å². The first kappa shape index (κ1) is 28.0. The van der Waals surface area contributed by atoms with Crippen LogP contribution >= 0.6 is 0 Å². The minimum atomic E-state index is -0.494. The van der Waals surface area contributed by atoms with Gasteiger partial charge in [0.1, 0.15) is 17.2 Å². The van der Waals surface area contributed by atoms with E-state index < -0.39 is 11.9 Å². The van der Waals surface area contributed by atoms with E-state index >= 15 is 0 Å². The van der Waals surface area contributed by atoms with Crippen molar-refractivity contribution in [1.29, 1.82) is 0 Å². The topological polar surface area (TPSA) is 111 Å². The number of nitrogens with one attached hydrogen (secondary N) is 2. The number of benzene rings is 4. The Balaban J connectivity index is 1.42. The summed E-state index contributed by atoms with van der Waals surface area (Å²) in [6.07, 6.45) is 1.48. The van der Waals surface area contributed by atoms with Crippen molar-refractivity contribution in [2.45, 2.75) is 6.92 Å². The number of aromatic nitrogens is 1. The molecule has 4 aromatic carbocycles. The van der Waals surface area contributed by atoms with Gasteiger partial charge >= 0.3 is 5.97 Å². The third-order valence-corrected chi connectivity index (χ3v) is 6.47. The molecule has 2 N–H and O–H groups in total. The minimum absolute atomic E-state index is 0.278. The number of hydrogen-bond acceptors (Lipinski definition) is 7. The summed E-state index contributed by atoms with van der Waals surface area (Å²) in [6, 6.07) is 26.8. The quantitative estimate of drug-likeness (QED) is 0.0902. The zero-order valence-electron chi connectivity index (χ0n) is 23.3. The summed E-state index contributed by atoms with van der Waals surface area (Å²) in [6.45, 7) is 2.20. The van der Waals surface area contributed by atoms with E-state index in [1.54, 1.807) is 68.8 Å². The fourth-order valence-corrected chi connectivity index (χ4v) is 4.57. The van der Waals surface area contributed by atoms with Gasteiger partial charge in [0.25, 0.3) is 5.91 Å². The first-order valence-corrected chi connectivity index (χ1v) is 13.2. The molecule has 0 saturated heterocycles. The number of amides is 1. The van der Waals surface area contributed by atoms with Crippen molar-refractivity contribution < 1.29 is 28.5 Å². The Morgan fingerprint density at radius 3 is 2.19 bits per heavy atom. The minimum Gasteiger partial charge on any atom is -0.496 e. The van der Waals surface area contributed by atoms with Gasteiger partial charge in [-0.25, -0.2) is 10.2 Å². The summed E-state index contributed by atoms with van der Waals surface area (Å²) in [5.41, 5.74) is 6.08. The molecular formula is C33H29N3O6. The predicted molar refractivity (Wildman–Crippen MR) is 161 cm³/mol. The number of carbonyl (C=O) groups is 2. The van der Waals surface area contributed by atoms with Crippen molar-refractivity contribution in [2.75, 3.05) is 20.8 Å². The van der Waals surface area contributed by atoms with Crippen molar-refractivity contribution in [3.63, 3.8) is 0 Å². The molecule has 9 nitrogen and oxygen atoms in total. The van der Waals surface area contributed by atoms with Gasteiger partial charge in [-0.3, -0.25) is 4.79 Å². The maximum Gasteiger partial charge on any atom is 0.343 e. The molecule has 0 spiro atoms. The standard InChI is InChI=1S/C33H29N3O6/c1-4-41-27-19-21(15-16-24(27)42-33(38)23-13-9-6-10-14-23)20-34-36-32(37)31-28(22-11-7-5-8-12-22)29-25(39-2)17-18-26(40-3)30(29)35-31/h5-20,35H,4H2,1-3H3,(H,36,37). The van der Waals surface area contributed by atoms with Gasteiger partial charge < -0.3 is 23.9 Å². The molecule has 1 amide bonds. The predicted octanol–water partition coefficient (Wildman–Crippen LogP) is 6.23. The molecule has 0 aliphatic heterocycles. The van der Waals surface area contributed by atoms with E-state index in [2.05, 4.69) is 15.5 Å². The summed E-state index contributed by atoms with van der Waals surface area (Å²) < 4.78 is 22.4. The maximum absolute atomic E-state index is 13.5. The summed E-state index contributed by atoms with van der Waals surface area (Å²) in [5.74, 6) is 0.871. The molecule has 1 heterocycles. The van der Waals surface area contributed by atoms with Crippen LogP contribution in [0.5, 0.6) is 23.0 Å². The van der Waals surface area contributed by atoms with E-state index in [9.17, 15) is 9.59 Å². The number of aromatic amines is 1. The molecule has 0 bridgehead atoms. The first-order valence-electron chi connectivity index (χ1n) is 13.2. The fraction of sp³-hybridized carbons (Fsp3) is 0.121. The van der Waals surface area contributed by atoms with Crippen LogP contribution < -0.4 is 24.4 Å². The third-order valence-electron chi connectivity index (χ3n) is 6.47. The lowest BCUT2D eigenvalue weighted by Gasteiger charge is -2.11. The van der Waals surface area contributed by atoms with Gasteiger partial charge in [-0.05, 0) is 60.5 Å². The van der Waals surface area contributed by atoms with Crippen LogP contribution in [-0.2, 0) is 0 Å². The number of methoxy groups -OCH3 is 2. The summed E-state index contributed by atoms with van der Waals surface area (Å²) in [7, 11) is 3.15. The van der Waals surface area contributed by atoms with Gasteiger partial charge in [0, 0.05) is 5.56 Å². The van der Waals surface area contributed by atoms with E-state index in [4.69, 9.17) is 18.9 Å². The van der Waals surface area contributed by atoms with Crippen LogP contribution in [0.25, 0.3) is 22.0 Å². The van der Waals surface area contributed by atoms with Crippen molar-refractivity contribution >= 4 is 29.0 Å². The molecule has 5 rings (SSSR count). The van der Waals surface area contributed by atoms with Crippen molar-refractivity contribution in [2.24, 2.45) is 5.10 Å².